The van der Waals surface area contributed by atoms with Crippen LogP contribution < -0.4 is 15.0 Å². The van der Waals surface area contributed by atoms with Crippen molar-refractivity contribution in [1.29, 1.82) is 0 Å². The number of methoxy groups -OCH3 is 1. The molecule has 0 atom stereocenters. The summed E-state index contributed by atoms with van der Waals surface area (Å²) in [6.07, 6.45) is 1.61. The van der Waals surface area contributed by atoms with E-state index in [2.05, 4.69) is 62.7 Å². The number of aryl methyl sites for hydroxylation is 1. The SMILES string of the molecule is COc1cc(C=Nn2c(-c3cc4cc(Br)ccc4o3)nc3ccccc3c2=O)cc(I)c1OCc1ccc(C)cc1. The topological polar surface area (TPSA) is 78.9 Å². The Kier molecular flexibility index (Phi) is 7.63. The van der Waals surface area contributed by atoms with E-state index in [1.54, 1.807) is 31.5 Å². The second kappa shape index (κ2) is 11.5. The summed E-state index contributed by atoms with van der Waals surface area (Å²) in [6, 6.07) is 26.7. The van der Waals surface area contributed by atoms with Crippen LogP contribution in [0.5, 0.6) is 11.5 Å². The molecule has 0 aliphatic rings. The van der Waals surface area contributed by atoms with E-state index in [9.17, 15) is 4.79 Å². The summed E-state index contributed by atoms with van der Waals surface area (Å²) in [6.45, 7) is 2.47. The van der Waals surface area contributed by atoms with Crippen LogP contribution in [0.25, 0.3) is 33.5 Å². The van der Waals surface area contributed by atoms with Gasteiger partial charge in [-0.15, -0.1) is 0 Å². The molecule has 0 spiro atoms. The Morgan fingerprint density at radius 1 is 1.05 bits per heavy atom. The van der Waals surface area contributed by atoms with E-state index in [0.717, 1.165) is 24.6 Å². The van der Waals surface area contributed by atoms with Gasteiger partial charge in [0.1, 0.15) is 12.2 Å². The second-order valence-electron chi connectivity index (χ2n) is 9.42. The van der Waals surface area contributed by atoms with E-state index in [-0.39, 0.29) is 5.56 Å². The van der Waals surface area contributed by atoms with Crippen LogP contribution >= 0.6 is 38.5 Å². The van der Waals surface area contributed by atoms with Gasteiger partial charge in [-0.05, 0) is 89.2 Å². The summed E-state index contributed by atoms with van der Waals surface area (Å²) < 4.78 is 20.9. The number of hydrogen-bond acceptors (Lipinski definition) is 6. The Morgan fingerprint density at radius 2 is 1.85 bits per heavy atom. The normalized spacial score (nSPS) is 11.5. The first kappa shape index (κ1) is 27.2. The van der Waals surface area contributed by atoms with Gasteiger partial charge in [-0.1, -0.05) is 57.9 Å². The van der Waals surface area contributed by atoms with E-state index >= 15 is 0 Å². The number of furan rings is 1. The van der Waals surface area contributed by atoms with Gasteiger partial charge in [0, 0.05) is 9.86 Å². The molecule has 204 valence electrons. The van der Waals surface area contributed by atoms with Gasteiger partial charge in [0.25, 0.3) is 5.56 Å². The van der Waals surface area contributed by atoms with E-state index in [4.69, 9.17) is 18.9 Å². The number of aromatic nitrogens is 2. The highest BCUT2D eigenvalue weighted by atomic mass is 127. The van der Waals surface area contributed by atoms with Crippen LogP contribution in [0.15, 0.2) is 104 Å². The van der Waals surface area contributed by atoms with Crippen LogP contribution in [0.1, 0.15) is 16.7 Å². The standard InChI is InChI=1S/C32H23BrIN3O4/c1-19-7-9-20(10-8-19)18-40-30-25(34)13-21(14-28(30)39-2)17-35-37-31(36-26-6-4-3-5-24(26)32(37)38)29-16-22-15-23(33)11-12-27(22)41-29/h3-17H,18H2,1-2H3. The maximum atomic E-state index is 13.6. The minimum Gasteiger partial charge on any atom is -0.493 e. The number of hydrogen-bond donors (Lipinski definition) is 0. The van der Waals surface area contributed by atoms with Crippen molar-refractivity contribution in [3.63, 3.8) is 0 Å². The lowest BCUT2D eigenvalue weighted by molar-refractivity contribution is 0.282. The Labute approximate surface area is 257 Å². The molecule has 2 heterocycles. The van der Waals surface area contributed by atoms with Crippen LogP contribution in [-0.2, 0) is 6.61 Å². The first-order chi connectivity index (χ1) is 19.9. The number of halogens is 2. The van der Waals surface area contributed by atoms with E-state index < -0.39 is 0 Å². The van der Waals surface area contributed by atoms with Crippen LogP contribution in [0.4, 0.5) is 0 Å². The lowest BCUT2D eigenvalue weighted by Gasteiger charge is -2.14. The maximum absolute atomic E-state index is 13.6. The molecule has 0 fully saturated rings. The second-order valence-corrected chi connectivity index (χ2v) is 11.5. The van der Waals surface area contributed by atoms with Gasteiger partial charge < -0.3 is 13.9 Å². The molecule has 7 nitrogen and oxygen atoms in total. The summed E-state index contributed by atoms with van der Waals surface area (Å²) in [5.74, 6) is 1.95. The predicted molar refractivity (Wildman–Crippen MR) is 173 cm³/mol. The lowest BCUT2D eigenvalue weighted by atomic mass is 10.2. The molecule has 0 saturated heterocycles. The summed E-state index contributed by atoms with van der Waals surface area (Å²) in [5, 5.41) is 5.93. The molecule has 9 heteroatoms. The number of nitrogens with zero attached hydrogens (tertiary/aromatic N) is 3. The summed E-state index contributed by atoms with van der Waals surface area (Å²) in [7, 11) is 1.60. The average molecular weight is 720 g/mol. The highest BCUT2D eigenvalue weighted by molar-refractivity contribution is 14.1. The number of fused-ring (bicyclic) bond motifs is 2. The van der Waals surface area contributed by atoms with Gasteiger partial charge in [-0.3, -0.25) is 4.79 Å². The fourth-order valence-corrected chi connectivity index (χ4v) is 5.59. The Bertz CT molecular complexity index is 2000. The van der Waals surface area contributed by atoms with Crippen molar-refractivity contribution in [2.24, 2.45) is 5.10 Å². The number of rotatable bonds is 7. The molecule has 6 aromatic rings. The largest absolute Gasteiger partial charge is 0.493 e. The first-order valence-corrected chi connectivity index (χ1v) is 14.6. The van der Waals surface area contributed by atoms with Crippen molar-refractivity contribution in [2.75, 3.05) is 7.11 Å². The van der Waals surface area contributed by atoms with E-state index in [1.807, 2.05) is 54.6 Å². The lowest BCUT2D eigenvalue weighted by Crippen LogP contribution is -2.20. The first-order valence-electron chi connectivity index (χ1n) is 12.7. The third-order valence-electron chi connectivity index (χ3n) is 6.53. The van der Waals surface area contributed by atoms with Crippen molar-refractivity contribution < 1.29 is 13.9 Å². The van der Waals surface area contributed by atoms with Crippen LogP contribution in [-0.4, -0.2) is 23.0 Å². The molecule has 41 heavy (non-hydrogen) atoms. The van der Waals surface area contributed by atoms with Crippen molar-refractivity contribution in [3.05, 3.63) is 120 Å². The molecule has 0 radical (unpaired) electrons. The predicted octanol–water partition coefficient (Wildman–Crippen LogP) is 7.96. The molecular formula is C32H23BrIN3O4. The molecular weight excluding hydrogens is 697 g/mol. The Hall–Kier alpha value is -3.96. The van der Waals surface area contributed by atoms with Crippen molar-refractivity contribution >= 4 is 66.6 Å². The highest BCUT2D eigenvalue weighted by Crippen LogP contribution is 2.34. The van der Waals surface area contributed by atoms with Gasteiger partial charge in [0.15, 0.2) is 17.3 Å². The van der Waals surface area contributed by atoms with Crippen molar-refractivity contribution in [1.82, 2.24) is 9.66 Å². The fraction of sp³-hybridized carbons (Fsp3) is 0.0938. The third kappa shape index (κ3) is 5.64. The quantitative estimate of drug-likeness (QED) is 0.124. The molecule has 0 amide bonds. The molecule has 0 aliphatic carbocycles. The van der Waals surface area contributed by atoms with Gasteiger partial charge in [0.2, 0.25) is 5.82 Å². The van der Waals surface area contributed by atoms with Gasteiger partial charge in [0.05, 0.1) is 27.8 Å². The zero-order valence-corrected chi connectivity index (χ0v) is 25.8. The van der Waals surface area contributed by atoms with Crippen molar-refractivity contribution in [3.8, 4) is 23.1 Å². The third-order valence-corrected chi connectivity index (χ3v) is 7.82. The average Bonchev–Trinajstić information content (AvgIpc) is 3.39. The van der Waals surface area contributed by atoms with Crippen LogP contribution in [0, 0.1) is 10.5 Å². The zero-order valence-electron chi connectivity index (χ0n) is 22.1. The summed E-state index contributed by atoms with van der Waals surface area (Å²) in [5.41, 5.74) is 3.93. The fourth-order valence-electron chi connectivity index (χ4n) is 4.43. The van der Waals surface area contributed by atoms with Gasteiger partial charge in [-0.25, -0.2) is 4.98 Å². The summed E-state index contributed by atoms with van der Waals surface area (Å²) in [4.78, 5) is 18.4. The van der Waals surface area contributed by atoms with Gasteiger partial charge in [-0.2, -0.15) is 9.78 Å². The highest BCUT2D eigenvalue weighted by Gasteiger charge is 2.17. The zero-order chi connectivity index (χ0) is 28.5. The molecule has 0 saturated carbocycles. The molecule has 0 N–H and O–H groups in total. The minimum absolute atomic E-state index is 0.303. The molecule has 4 aromatic carbocycles. The molecule has 0 unspecified atom stereocenters. The molecule has 2 aromatic heterocycles. The maximum Gasteiger partial charge on any atom is 0.282 e. The minimum atomic E-state index is -0.303. The van der Waals surface area contributed by atoms with E-state index in [1.165, 1.54) is 10.2 Å². The van der Waals surface area contributed by atoms with Crippen molar-refractivity contribution in [2.45, 2.75) is 13.5 Å². The van der Waals surface area contributed by atoms with E-state index in [0.29, 0.717) is 46.2 Å². The summed E-state index contributed by atoms with van der Waals surface area (Å²) >= 11 is 5.71. The number of ether oxygens (including phenoxy) is 2. The Morgan fingerprint density at radius 3 is 2.66 bits per heavy atom. The molecule has 6 rings (SSSR count). The monoisotopic (exact) mass is 719 g/mol. The smallest absolute Gasteiger partial charge is 0.282 e. The number of para-hydroxylation sites is 1. The molecule has 0 aliphatic heterocycles. The molecule has 0 bridgehead atoms. The Balaban J connectivity index is 1.39. The number of benzene rings is 4. The van der Waals surface area contributed by atoms with Crippen LogP contribution in [0.3, 0.4) is 0 Å². The van der Waals surface area contributed by atoms with Gasteiger partial charge >= 0.3 is 0 Å². The van der Waals surface area contributed by atoms with Crippen LogP contribution in [0.2, 0.25) is 0 Å².